The van der Waals surface area contributed by atoms with Crippen molar-refractivity contribution in [1.29, 1.82) is 0 Å². The van der Waals surface area contributed by atoms with Crippen LogP contribution >= 0.6 is 15.2 Å². The van der Waals surface area contributed by atoms with Crippen LogP contribution in [0.4, 0.5) is 0 Å². The van der Waals surface area contributed by atoms with E-state index in [4.69, 9.17) is 14.5 Å². The Morgan fingerprint density at radius 1 is 0.741 bits per heavy atom. The van der Waals surface area contributed by atoms with E-state index in [0.29, 0.717) is 0 Å². The number of esters is 2. The molecule has 10 nitrogen and oxygen atoms in total. The van der Waals surface area contributed by atoms with E-state index in [1.807, 2.05) is 0 Å². The fraction of sp³-hybridized carbons (Fsp3) is 0.867. The molecule has 2 N–H and O–H groups in total. The van der Waals surface area contributed by atoms with E-state index in [-0.39, 0.29) is 19.2 Å². The first kappa shape index (κ1) is 28.4. The molecule has 0 aromatic heterocycles. The molecule has 0 heterocycles. The van der Waals surface area contributed by atoms with Crippen LogP contribution in [-0.2, 0) is 37.2 Å². The lowest BCUT2D eigenvalue weighted by atomic mass is 9.97. The molecule has 12 heteroatoms. The molecule has 0 aromatic rings. The van der Waals surface area contributed by atoms with Gasteiger partial charge in [-0.1, -0.05) is 0 Å². The minimum absolute atomic E-state index is 0.00546. The molecule has 0 radical (unpaired) electrons. The van der Waals surface area contributed by atoms with Gasteiger partial charge in [-0.3, -0.25) is 23.2 Å². The van der Waals surface area contributed by atoms with Crippen molar-refractivity contribution >= 4 is 27.1 Å². The second kappa shape index (κ2) is 11.3. The first-order valence-corrected chi connectivity index (χ1v) is 12.0. The van der Waals surface area contributed by atoms with Gasteiger partial charge >= 0.3 is 27.1 Å². The highest BCUT2D eigenvalue weighted by Gasteiger charge is 2.24. The minimum Gasteiger partial charge on any atom is -0.463 e. The number of hydrogen-bond donors (Lipinski definition) is 2. The van der Waals surface area contributed by atoms with E-state index in [2.05, 4.69) is 13.8 Å². The normalized spacial score (nSPS) is 16.2. The van der Waals surface area contributed by atoms with Gasteiger partial charge in [0.2, 0.25) is 6.79 Å². The summed E-state index contributed by atoms with van der Waals surface area (Å²) in [5, 5.41) is 0. The van der Waals surface area contributed by atoms with Crippen LogP contribution in [0.5, 0.6) is 0 Å². The maximum atomic E-state index is 11.2. The van der Waals surface area contributed by atoms with Gasteiger partial charge in [-0.2, -0.15) is 0 Å². The molecule has 0 saturated carbocycles. The summed E-state index contributed by atoms with van der Waals surface area (Å²) in [6, 6.07) is 0. The maximum absolute atomic E-state index is 11.2. The molecule has 2 unspecified atom stereocenters. The van der Waals surface area contributed by atoms with Gasteiger partial charge in [0.05, 0.1) is 17.4 Å². The fourth-order valence-electron chi connectivity index (χ4n) is 0.952. The SMILES string of the molecule is CC(C)(C)C(=O)OCCOP(C)(=O)O.CC(C)(C)C(=O)OCOP(C)(=O)O. The number of hydrogen-bond acceptors (Lipinski definition) is 8. The summed E-state index contributed by atoms with van der Waals surface area (Å²) in [5.74, 6) is -0.828. The van der Waals surface area contributed by atoms with Gasteiger partial charge in [-0.15, -0.1) is 0 Å². The van der Waals surface area contributed by atoms with Crippen molar-refractivity contribution in [3.63, 3.8) is 0 Å². The summed E-state index contributed by atoms with van der Waals surface area (Å²) in [6.45, 7) is 11.8. The fourth-order valence-corrected chi connectivity index (χ4v) is 1.61. The molecule has 0 amide bonds. The molecule has 162 valence electrons. The van der Waals surface area contributed by atoms with Crippen LogP contribution in [0.3, 0.4) is 0 Å². The smallest absolute Gasteiger partial charge is 0.327 e. The van der Waals surface area contributed by atoms with E-state index in [1.165, 1.54) is 0 Å². The minimum atomic E-state index is -3.55. The third-order valence-corrected chi connectivity index (χ3v) is 3.60. The lowest BCUT2D eigenvalue weighted by Crippen LogP contribution is -2.24. The lowest BCUT2D eigenvalue weighted by molar-refractivity contribution is -0.159. The first-order valence-electron chi connectivity index (χ1n) is 8.00. The number of ether oxygens (including phenoxy) is 2. The summed E-state index contributed by atoms with van der Waals surface area (Å²) in [6.07, 6.45) is 0. The van der Waals surface area contributed by atoms with E-state index >= 15 is 0 Å². The summed E-state index contributed by atoms with van der Waals surface area (Å²) < 4.78 is 39.5. The average Bonchev–Trinajstić information content (AvgIpc) is 2.39. The molecule has 0 bridgehead atoms. The van der Waals surface area contributed by atoms with E-state index in [0.717, 1.165) is 13.3 Å². The highest BCUT2D eigenvalue weighted by molar-refractivity contribution is 7.52. The summed E-state index contributed by atoms with van der Waals surface area (Å²) in [5.41, 5.74) is -1.19. The zero-order valence-electron chi connectivity index (χ0n) is 17.2. The van der Waals surface area contributed by atoms with Crippen LogP contribution in [0.2, 0.25) is 0 Å². The van der Waals surface area contributed by atoms with Crippen molar-refractivity contribution < 1.29 is 47.0 Å². The van der Waals surface area contributed by atoms with Crippen LogP contribution in [0.25, 0.3) is 0 Å². The third-order valence-electron chi connectivity index (χ3n) is 2.35. The van der Waals surface area contributed by atoms with Crippen LogP contribution in [0.15, 0.2) is 0 Å². The Kier molecular flexibility index (Phi) is 11.9. The molecule has 0 saturated heterocycles. The Hall–Kier alpha value is -0.760. The molecule has 0 aliphatic rings. The van der Waals surface area contributed by atoms with Gasteiger partial charge in [0.15, 0.2) is 0 Å². The number of carbonyl (C=O) groups excluding carboxylic acids is 2. The van der Waals surface area contributed by atoms with E-state index in [9.17, 15) is 18.7 Å². The zero-order chi connectivity index (χ0) is 22.1. The first-order chi connectivity index (χ1) is 11.8. The molecular formula is C15H32O10P2. The third kappa shape index (κ3) is 19.8. The Morgan fingerprint density at radius 3 is 1.44 bits per heavy atom. The molecule has 2 atom stereocenters. The number of carbonyl (C=O) groups is 2. The van der Waals surface area contributed by atoms with Gasteiger partial charge in [-0.25, -0.2) is 0 Å². The highest BCUT2D eigenvalue weighted by atomic mass is 31.2. The topological polar surface area (TPSA) is 146 Å². The molecule has 0 aromatic carbocycles. The van der Waals surface area contributed by atoms with Crippen molar-refractivity contribution in [2.24, 2.45) is 10.8 Å². The molecule has 0 spiro atoms. The van der Waals surface area contributed by atoms with E-state index in [1.54, 1.807) is 41.5 Å². The Morgan fingerprint density at radius 2 is 1.11 bits per heavy atom. The second-order valence-corrected chi connectivity index (χ2v) is 11.5. The highest BCUT2D eigenvalue weighted by Crippen LogP contribution is 2.36. The van der Waals surface area contributed by atoms with Crippen LogP contribution in [0.1, 0.15) is 41.5 Å². The summed E-state index contributed by atoms with van der Waals surface area (Å²) in [7, 11) is -7.01. The molecule has 0 aliphatic carbocycles. The molecular weight excluding hydrogens is 402 g/mol. The van der Waals surface area contributed by atoms with Crippen molar-refractivity contribution in [2.75, 3.05) is 33.3 Å². The van der Waals surface area contributed by atoms with Gasteiger partial charge in [0.1, 0.15) is 6.61 Å². The Balaban J connectivity index is 0. The quantitative estimate of drug-likeness (QED) is 0.265. The molecule has 27 heavy (non-hydrogen) atoms. The van der Waals surface area contributed by atoms with Gasteiger partial charge in [-0.05, 0) is 41.5 Å². The summed E-state index contributed by atoms with van der Waals surface area (Å²) >= 11 is 0. The van der Waals surface area contributed by atoms with Crippen LogP contribution < -0.4 is 0 Å². The maximum Gasteiger partial charge on any atom is 0.327 e. The molecule has 0 aliphatic heterocycles. The lowest BCUT2D eigenvalue weighted by Gasteiger charge is -2.16. The molecule has 0 rings (SSSR count). The Bertz CT molecular complexity index is 562. The van der Waals surface area contributed by atoms with Crippen molar-refractivity contribution in [1.82, 2.24) is 0 Å². The second-order valence-electron chi connectivity index (χ2n) is 7.75. The van der Waals surface area contributed by atoms with E-state index < -0.39 is 38.8 Å². The predicted molar refractivity (Wildman–Crippen MR) is 99.4 cm³/mol. The predicted octanol–water partition coefficient (Wildman–Crippen LogP) is 2.77. The number of rotatable bonds is 7. The van der Waals surface area contributed by atoms with Crippen molar-refractivity contribution in [3.05, 3.63) is 0 Å². The van der Waals surface area contributed by atoms with Crippen molar-refractivity contribution in [2.45, 2.75) is 41.5 Å². The average molecular weight is 434 g/mol. The van der Waals surface area contributed by atoms with Gasteiger partial charge < -0.3 is 23.8 Å². The summed E-state index contributed by atoms with van der Waals surface area (Å²) in [4.78, 5) is 39.7. The monoisotopic (exact) mass is 434 g/mol. The zero-order valence-corrected chi connectivity index (χ0v) is 19.0. The van der Waals surface area contributed by atoms with Gasteiger partial charge in [0, 0.05) is 13.3 Å². The van der Waals surface area contributed by atoms with Crippen molar-refractivity contribution in [3.8, 4) is 0 Å². The Labute approximate surface area is 160 Å². The van der Waals surface area contributed by atoms with Gasteiger partial charge in [0.25, 0.3) is 0 Å². The van der Waals surface area contributed by atoms with Crippen LogP contribution in [-0.4, -0.2) is 55.1 Å². The van der Waals surface area contributed by atoms with Crippen LogP contribution in [0, 0.1) is 10.8 Å². The standard InChI is InChI=1S/C8H17O5P.C7H15O5P/c1-8(2,3)7(9)12-5-6-13-14(4,10)11;1-7(2,3)6(8)11-5-12-13(4,9)10/h5-6H2,1-4H3,(H,10,11);5H2,1-4H3,(H,9,10). The largest absolute Gasteiger partial charge is 0.463 e. The molecule has 0 fully saturated rings.